The van der Waals surface area contributed by atoms with Crippen molar-refractivity contribution >= 4 is 11.6 Å². The Kier molecular flexibility index (Phi) is 9.27. The van der Waals surface area contributed by atoms with Crippen LogP contribution >= 0.6 is 11.6 Å². The summed E-state index contributed by atoms with van der Waals surface area (Å²) in [7, 11) is 5.51. The molecule has 0 aliphatic rings. The van der Waals surface area contributed by atoms with Gasteiger partial charge in [-0.2, -0.15) is 0 Å². The average Bonchev–Trinajstić information content (AvgIpc) is 2.28. The zero-order valence-corrected chi connectivity index (χ0v) is 10.3. The number of likely N-dealkylation sites (N-methyl/N-ethyl adjacent to an activating group) is 2. The summed E-state index contributed by atoms with van der Waals surface area (Å²) < 4.78 is 4.91. The molecule has 4 heteroatoms. The molecule has 0 aliphatic heterocycles. The van der Waals surface area contributed by atoms with Crippen LogP contribution in [0.1, 0.15) is 0 Å². The van der Waals surface area contributed by atoms with Gasteiger partial charge in [-0.25, -0.2) is 0 Å². The van der Waals surface area contributed by atoms with E-state index in [1.807, 2.05) is 26.2 Å². The number of hydrogen-bond donors (Lipinski definition) is 2. The lowest BCUT2D eigenvalue weighted by atomic mass is 10.3. The predicted molar refractivity (Wildman–Crippen MR) is 65.9 cm³/mol. The van der Waals surface area contributed by atoms with Gasteiger partial charge in [0, 0.05) is 18.1 Å². The molecule has 0 unspecified atom stereocenters. The smallest absolute Gasteiger partial charge is 0.118 e. The molecule has 0 aromatic heterocycles. The first-order valence-corrected chi connectivity index (χ1v) is 5.21. The zero-order chi connectivity index (χ0) is 11.5. The first-order valence-electron chi connectivity index (χ1n) is 4.83. The average molecular weight is 231 g/mol. The molecule has 0 heterocycles. The molecule has 0 saturated carbocycles. The van der Waals surface area contributed by atoms with E-state index >= 15 is 0 Å². The van der Waals surface area contributed by atoms with Crippen LogP contribution in [0.25, 0.3) is 0 Å². The van der Waals surface area contributed by atoms with Crippen LogP contribution in [0.5, 0.6) is 5.75 Å². The third-order valence-electron chi connectivity index (χ3n) is 1.67. The van der Waals surface area contributed by atoms with Crippen molar-refractivity contribution < 1.29 is 4.74 Å². The summed E-state index contributed by atoms with van der Waals surface area (Å²) in [5.74, 6) is 0.833. The topological polar surface area (TPSA) is 33.3 Å². The normalized spacial score (nSPS) is 9.07. The van der Waals surface area contributed by atoms with Gasteiger partial charge in [-0.15, -0.1) is 0 Å². The third-order valence-corrected chi connectivity index (χ3v) is 1.93. The van der Waals surface area contributed by atoms with Crippen molar-refractivity contribution in [2.75, 3.05) is 34.3 Å². The number of ether oxygens (including phenoxy) is 1. The van der Waals surface area contributed by atoms with E-state index in [-0.39, 0.29) is 0 Å². The van der Waals surface area contributed by atoms with Gasteiger partial charge in [0.25, 0.3) is 0 Å². The highest BCUT2D eigenvalue weighted by Crippen LogP contribution is 2.14. The van der Waals surface area contributed by atoms with Gasteiger partial charge < -0.3 is 15.4 Å². The van der Waals surface area contributed by atoms with Crippen LogP contribution in [-0.2, 0) is 0 Å². The molecule has 86 valence electrons. The van der Waals surface area contributed by atoms with E-state index in [9.17, 15) is 0 Å². The molecule has 1 rings (SSSR count). The first-order chi connectivity index (χ1) is 7.24. The molecule has 0 atom stereocenters. The number of nitrogens with one attached hydrogen (secondary N) is 2. The van der Waals surface area contributed by atoms with Crippen LogP contribution in [0.4, 0.5) is 0 Å². The second kappa shape index (κ2) is 9.77. The van der Waals surface area contributed by atoms with Crippen LogP contribution in [-0.4, -0.2) is 34.3 Å². The van der Waals surface area contributed by atoms with E-state index < -0.39 is 0 Å². The van der Waals surface area contributed by atoms with Crippen LogP contribution in [0.3, 0.4) is 0 Å². The molecule has 0 aliphatic carbocycles. The Balaban J connectivity index is 0.000000288. The second-order valence-electron chi connectivity index (χ2n) is 2.87. The van der Waals surface area contributed by atoms with Crippen LogP contribution in [0.15, 0.2) is 24.3 Å². The second-order valence-corrected chi connectivity index (χ2v) is 3.30. The van der Waals surface area contributed by atoms with Gasteiger partial charge in [-0.1, -0.05) is 11.6 Å². The van der Waals surface area contributed by atoms with Crippen molar-refractivity contribution in [3.8, 4) is 5.75 Å². The molecule has 0 saturated heterocycles. The Bertz CT molecular complexity index is 235. The van der Waals surface area contributed by atoms with Gasteiger partial charge in [0.15, 0.2) is 0 Å². The minimum absolute atomic E-state index is 0.732. The fourth-order valence-electron chi connectivity index (χ4n) is 0.821. The summed E-state index contributed by atoms with van der Waals surface area (Å²) in [6.45, 7) is 2.10. The van der Waals surface area contributed by atoms with Crippen molar-refractivity contribution in [3.63, 3.8) is 0 Å². The standard InChI is InChI=1S/C7H7ClO.C4H12N2/c1-9-7-4-2-6(8)3-5-7;1-5-3-4-6-2/h2-5H,1H3;5-6H,3-4H2,1-2H3. The summed E-state index contributed by atoms with van der Waals surface area (Å²) in [6, 6.07) is 7.23. The summed E-state index contributed by atoms with van der Waals surface area (Å²) in [4.78, 5) is 0. The Labute approximate surface area is 96.8 Å². The van der Waals surface area contributed by atoms with Crippen molar-refractivity contribution in [1.82, 2.24) is 10.6 Å². The van der Waals surface area contributed by atoms with Crippen molar-refractivity contribution in [2.24, 2.45) is 0 Å². The molecule has 1 aromatic rings. The lowest BCUT2D eigenvalue weighted by molar-refractivity contribution is 0.415. The largest absolute Gasteiger partial charge is 0.497 e. The Morgan fingerprint density at radius 1 is 1.07 bits per heavy atom. The van der Waals surface area contributed by atoms with Gasteiger partial charge >= 0.3 is 0 Å². The number of methoxy groups -OCH3 is 1. The molecular weight excluding hydrogens is 212 g/mol. The zero-order valence-electron chi connectivity index (χ0n) is 9.51. The highest BCUT2D eigenvalue weighted by molar-refractivity contribution is 6.30. The Morgan fingerprint density at radius 2 is 1.53 bits per heavy atom. The van der Waals surface area contributed by atoms with E-state index in [4.69, 9.17) is 16.3 Å². The lowest BCUT2D eigenvalue weighted by Gasteiger charge is -1.96. The molecule has 0 radical (unpaired) electrons. The van der Waals surface area contributed by atoms with Crippen LogP contribution in [0, 0.1) is 0 Å². The quantitative estimate of drug-likeness (QED) is 0.774. The van der Waals surface area contributed by atoms with Gasteiger partial charge in [-0.05, 0) is 38.4 Å². The summed E-state index contributed by atoms with van der Waals surface area (Å²) in [5, 5.41) is 6.74. The highest BCUT2D eigenvalue weighted by atomic mass is 35.5. The maximum absolute atomic E-state index is 5.61. The summed E-state index contributed by atoms with van der Waals surface area (Å²) in [6.07, 6.45) is 0. The van der Waals surface area contributed by atoms with E-state index in [0.29, 0.717) is 0 Å². The molecule has 0 bridgehead atoms. The first kappa shape index (κ1) is 14.2. The lowest BCUT2D eigenvalue weighted by Crippen LogP contribution is -2.21. The maximum atomic E-state index is 5.61. The molecule has 2 N–H and O–H groups in total. The van der Waals surface area contributed by atoms with Crippen molar-refractivity contribution in [1.29, 1.82) is 0 Å². The monoisotopic (exact) mass is 230 g/mol. The minimum Gasteiger partial charge on any atom is -0.497 e. The molecule has 1 aromatic carbocycles. The molecule has 0 spiro atoms. The summed E-state index contributed by atoms with van der Waals surface area (Å²) >= 11 is 5.61. The van der Waals surface area contributed by atoms with Crippen LogP contribution < -0.4 is 15.4 Å². The van der Waals surface area contributed by atoms with Gasteiger partial charge in [0.2, 0.25) is 0 Å². The van der Waals surface area contributed by atoms with Crippen molar-refractivity contribution in [3.05, 3.63) is 29.3 Å². The fraction of sp³-hybridized carbons (Fsp3) is 0.455. The van der Waals surface area contributed by atoms with E-state index in [0.717, 1.165) is 23.9 Å². The molecule has 15 heavy (non-hydrogen) atoms. The summed E-state index contributed by atoms with van der Waals surface area (Å²) in [5.41, 5.74) is 0. The Morgan fingerprint density at radius 3 is 1.87 bits per heavy atom. The molecule has 0 fully saturated rings. The fourth-order valence-corrected chi connectivity index (χ4v) is 0.947. The van der Waals surface area contributed by atoms with Gasteiger partial charge in [-0.3, -0.25) is 0 Å². The number of benzene rings is 1. The van der Waals surface area contributed by atoms with Crippen LogP contribution in [0.2, 0.25) is 5.02 Å². The van der Waals surface area contributed by atoms with E-state index in [1.165, 1.54) is 0 Å². The van der Waals surface area contributed by atoms with E-state index in [2.05, 4.69) is 10.6 Å². The number of rotatable bonds is 4. The molecule has 0 amide bonds. The van der Waals surface area contributed by atoms with Crippen molar-refractivity contribution in [2.45, 2.75) is 0 Å². The Hall–Kier alpha value is -0.770. The highest BCUT2D eigenvalue weighted by Gasteiger charge is 1.87. The van der Waals surface area contributed by atoms with Gasteiger partial charge in [0.1, 0.15) is 5.75 Å². The molecule has 3 nitrogen and oxygen atoms in total. The van der Waals surface area contributed by atoms with Gasteiger partial charge in [0.05, 0.1) is 7.11 Å². The SMILES string of the molecule is CNCCNC.COc1ccc(Cl)cc1. The predicted octanol–water partition coefficient (Wildman–Crippen LogP) is 1.77. The molecular formula is C11H19ClN2O. The van der Waals surface area contributed by atoms with E-state index in [1.54, 1.807) is 19.2 Å². The minimum atomic E-state index is 0.732. The maximum Gasteiger partial charge on any atom is 0.118 e. The third kappa shape index (κ3) is 8.24. The number of hydrogen-bond acceptors (Lipinski definition) is 3. The number of halogens is 1.